The van der Waals surface area contributed by atoms with E-state index in [1.807, 2.05) is 121 Å². The first-order valence-electron chi connectivity index (χ1n) is 13.5. The maximum atomic E-state index is 10.5. The average Bonchev–Trinajstić information content (AvgIpc) is 3.02. The molecule has 40 heavy (non-hydrogen) atoms. The minimum Gasteiger partial charge on any atom is -0.394 e. The van der Waals surface area contributed by atoms with Crippen molar-refractivity contribution in [3.8, 4) is 12.3 Å². The quantitative estimate of drug-likeness (QED) is 0.179. The van der Waals surface area contributed by atoms with Crippen LogP contribution in [0.5, 0.6) is 0 Å². The van der Waals surface area contributed by atoms with E-state index in [-0.39, 0.29) is 13.2 Å². The fraction of sp³-hybridized carbons (Fsp3) is 0.257. The lowest BCUT2D eigenvalue weighted by Gasteiger charge is -2.35. The van der Waals surface area contributed by atoms with Gasteiger partial charge in [-0.25, -0.2) is 0 Å². The molecule has 0 radical (unpaired) electrons. The smallest absolute Gasteiger partial charge is 0.147 e. The first-order valence-corrected chi connectivity index (χ1v) is 13.5. The van der Waals surface area contributed by atoms with E-state index in [9.17, 15) is 5.11 Å². The Bertz CT molecular complexity index is 1260. The molecule has 0 amide bonds. The lowest BCUT2D eigenvalue weighted by Crippen LogP contribution is -2.50. The van der Waals surface area contributed by atoms with E-state index in [4.69, 9.17) is 25.4 Å². The number of terminal acetylenes is 1. The topological polar surface area (TPSA) is 57.2 Å². The molecule has 4 rings (SSSR count). The van der Waals surface area contributed by atoms with Crippen LogP contribution < -0.4 is 0 Å². The molecule has 1 N–H and O–H groups in total. The van der Waals surface area contributed by atoms with Gasteiger partial charge in [0.05, 0.1) is 33.0 Å². The Morgan fingerprint density at radius 2 is 0.850 bits per heavy atom. The molecule has 5 nitrogen and oxygen atoms in total. The standard InChI is InChI=1S/C35H36O5/c1-2-32(37-24-28-15-7-3-8-16-28)34(39-26-30-19-11-5-12-20-30)35(40-27-31-21-13-6-14-22-31)33(23-36)38-25-29-17-9-4-10-18-29/h1,3-22,32-36H,23-27H2/t32-,33-,34-,35-/m1/s1. The van der Waals surface area contributed by atoms with Crippen LogP contribution in [0.3, 0.4) is 0 Å². The third-order valence-electron chi connectivity index (χ3n) is 6.48. The fourth-order valence-corrected chi connectivity index (χ4v) is 4.33. The predicted octanol–water partition coefficient (Wildman–Crippen LogP) is 5.95. The van der Waals surface area contributed by atoms with Crippen LogP contribution in [0.25, 0.3) is 0 Å². The third kappa shape index (κ3) is 9.17. The first-order chi connectivity index (χ1) is 19.8. The summed E-state index contributed by atoms with van der Waals surface area (Å²) in [7, 11) is 0. The maximum Gasteiger partial charge on any atom is 0.147 e. The molecule has 0 aliphatic rings. The zero-order valence-electron chi connectivity index (χ0n) is 22.5. The summed E-state index contributed by atoms with van der Waals surface area (Å²) in [6.07, 6.45) is 3.10. The van der Waals surface area contributed by atoms with Gasteiger partial charge in [-0.05, 0) is 22.3 Å². The van der Waals surface area contributed by atoms with E-state index in [1.165, 1.54) is 0 Å². The number of hydrogen-bond acceptors (Lipinski definition) is 5. The molecule has 0 aliphatic carbocycles. The third-order valence-corrected chi connectivity index (χ3v) is 6.48. The number of aliphatic hydroxyl groups excluding tert-OH is 1. The van der Waals surface area contributed by atoms with Gasteiger partial charge in [-0.1, -0.05) is 127 Å². The molecule has 0 spiro atoms. The van der Waals surface area contributed by atoms with Crippen molar-refractivity contribution in [3.63, 3.8) is 0 Å². The van der Waals surface area contributed by atoms with Crippen molar-refractivity contribution < 1.29 is 24.1 Å². The highest BCUT2D eigenvalue weighted by Gasteiger charge is 2.37. The van der Waals surface area contributed by atoms with Crippen molar-refractivity contribution in [2.75, 3.05) is 6.61 Å². The van der Waals surface area contributed by atoms with Gasteiger partial charge in [-0.2, -0.15) is 0 Å². The molecule has 4 atom stereocenters. The molecule has 0 bridgehead atoms. The van der Waals surface area contributed by atoms with E-state index < -0.39 is 24.4 Å². The molecule has 0 aromatic heterocycles. The largest absolute Gasteiger partial charge is 0.394 e. The van der Waals surface area contributed by atoms with Crippen LogP contribution in [0, 0.1) is 12.3 Å². The van der Waals surface area contributed by atoms with Crippen molar-refractivity contribution in [2.24, 2.45) is 0 Å². The van der Waals surface area contributed by atoms with Gasteiger partial charge >= 0.3 is 0 Å². The zero-order chi connectivity index (χ0) is 27.8. The summed E-state index contributed by atoms with van der Waals surface area (Å²) in [6, 6.07) is 39.3. The van der Waals surface area contributed by atoms with E-state index in [0.717, 1.165) is 22.3 Å². The maximum absolute atomic E-state index is 10.5. The van der Waals surface area contributed by atoms with Crippen LogP contribution in [-0.2, 0) is 45.4 Å². The van der Waals surface area contributed by atoms with Gasteiger partial charge in [0.15, 0.2) is 0 Å². The highest BCUT2D eigenvalue weighted by atomic mass is 16.6. The number of aliphatic hydroxyl groups is 1. The van der Waals surface area contributed by atoms with Crippen LogP contribution in [0.4, 0.5) is 0 Å². The Hall–Kier alpha value is -3.76. The van der Waals surface area contributed by atoms with E-state index in [0.29, 0.717) is 19.8 Å². The molecule has 0 saturated carbocycles. The van der Waals surface area contributed by atoms with Gasteiger partial charge in [0.1, 0.15) is 24.4 Å². The van der Waals surface area contributed by atoms with E-state index in [2.05, 4.69) is 5.92 Å². The fourth-order valence-electron chi connectivity index (χ4n) is 4.33. The molecule has 0 heterocycles. The van der Waals surface area contributed by atoms with Crippen LogP contribution in [-0.4, -0.2) is 36.1 Å². The van der Waals surface area contributed by atoms with Gasteiger partial charge in [-0.3, -0.25) is 0 Å². The van der Waals surface area contributed by atoms with Crippen LogP contribution >= 0.6 is 0 Å². The zero-order valence-corrected chi connectivity index (χ0v) is 22.5. The average molecular weight is 537 g/mol. The van der Waals surface area contributed by atoms with Crippen molar-refractivity contribution in [2.45, 2.75) is 50.8 Å². The summed E-state index contributed by atoms with van der Waals surface area (Å²) in [5.74, 6) is 2.78. The van der Waals surface area contributed by atoms with E-state index in [1.54, 1.807) is 0 Å². The summed E-state index contributed by atoms with van der Waals surface area (Å²) < 4.78 is 25.4. The Labute approximate surface area is 237 Å². The lowest BCUT2D eigenvalue weighted by atomic mass is 10.0. The summed E-state index contributed by atoms with van der Waals surface area (Å²) >= 11 is 0. The SMILES string of the molecule is C#C[C@@H](OCc1ccccc1)[C@@H](OCc1ccccc1)[C@H](OCc1ccccc1)[C@@H](CO)OCc1ccccc1. The first kappa shape index (κ1) is 29.2. The van der Waals surface area contributed by atoms with Gasteiger partial charge in [0, 0.05) is 0 Å². The monoisotopic (exact) mass is 536 g/mol. The molecule has 4 aromatic carbocycles. The normalized spacial score (nSPS) is 14.1. The second-order valence-corrected chi connectivity index (χ2v) is 9.42. The van der Waals surface area contributed by atoms with Crippen LogP contribution in [0.2, 0.25) is 0 Å². The highest BCUT2D eigenvalue weighted by Crippen LogP contribution is 2.23. The molecule has 0 fully saturated rings. The Kier molecular flexibility index (Phi) is 12.0. The Morgan fingerprint density at radius 1 is 0.500 bits per heavy atom. The molecule has 206 valence electrons. The van der Waals surface area contributed by atoms with E-state index >= 15 is 0 Å². The van der Waals surface area contributed by atoms with Gasteiger partial charge in [0.25, 0.3) is 0 Å². The molecule has 0 saturated heterocycles. The van der Waals surface area contributed by atoms with Crippen molar-refractivity contribution in [1.82, 2.24) is 0 Å². The van der Waals surface area contributed by atoms with Crippen molar-refractivity contribution in [3.05, 3.63) is 144 Å². The second kappa shape index (κ2) is 16.4. The summed E-state index contributed by atoms with van der Waals surface area (Å²) in [6.45, 7) is 0.904. The molecule has 0 aliphatic heterocycles. The van der Waals surface area contributed by atoms with Crippen molar-refractivity contribution >= 4 is 0 Å². The minimum absolute atomic E-state index is 0.284. The molecule has 4 aromatic rings. The van der Waals surface area contributed by atoms with Crippen LogP contribution in [0.15, 0.2) is 121 Å². The van der Waals surface area contributed by atoms with Crippen molar-refractivity contribution in [1.29, 1.82) is 0 Å². The number of ether oxygens (including phenoxy) is 4. The number of benzene rings is 4. The number of rotatable bonds is 16. The Balaban J connectivity index is 1.60. The summed E-state index contributed by atoms with van der Waals surface area (Å²) in [5, 5.41) is 10.5. The molecule has 0 unspecified atom stereocenters. The molecular weight excluding hydrogens is 500 g/mol. The summed E-state index contributed by atoms with van der Waals surface area (Å²) in [4.78, 5) is 0. The van der Waals surface area contributed by atoms with Gasteiger partial charge < -0.3 is 24.1 Å². The predicted molar refractivity (Wildman–Crippen MR) is 156 cm³/mol. The van der Waals surface area contributed by atoms with Gasteiger partial charge in [-0.15, -0.1) is 6.42 Å². The van der Waals surface area contributed by atoms with Gasteiger partial charge in [0.2, 0.25) is 0 Å². The Morgan fingerprint density at radius 3 is 1.23 bits per heavy atom. The molecule has 5 heteroatoms. The minimum atomic E-state index is -0.765. The molecular formula is C35H36O5. The summed E-state index contributed by atoms with van der Waals surface area (Å²) in [5.41, 5.74) is 3.94. The van der Waals surface area contributed by atoms with Crippen LogP contribution in [0.1, 0.15) is 22.3 Å². The second-order valence-electron chi connectivity index (χ2n) is 9.42. The lowest BCUT2D eigenvalue weighted by molar-refractivity contribution is -0.187. The number of hydrogen-bond donors (Lipinski definition) is 1. The highest BCUT2D eigenvalue weighted by molar-refractivity contribution is 5.17.